The maximum atomic E-state index is 12.5. The molecule has 6 heteroatoms. The van der Waals surface area contributed by atoms with Crippen LogP contribution in [0.3, 0.4) is 0 Å². The zero-order valence-corrected chi connectivity index (χ0v) is 12.0. The number of carbonyl (C=O) groups excluding carboxylic acids is 2. The van der Waals surface area contributed by atoms with E-state index in [2.05, 4.69) is 10.1 Å². The average Bonchev–Trinajstić information content (AvgIpc) is 2.53. The Labute approximate surface area is 127 Å². The highest BCUT2D eigenvalue weighted by Crippen LogP contribution is 2.28. The maximum absolute atomic E-state index is 12.5. The van der Waals surface area contributed by atoms with Crippen LogP contribution in [-0.4, -0.2) is 28.1 Å². The van der Waals surface area contributed by atoms with Gasteiger partial charge in [-0.3, -0.25) is 9.78 Å². The van der Waals surface area contributed by atoms with Gasteiger partial charge in [0.05, 0.1) is 18.4 Å². The van der Waals surface area contributed by atoms with Crippen LogP contribution in [0, 0.1) is 0 Å². The van der Waals surface area contributed by atoms with E-state index >= 15 is 0 Å². The number of para-hydroxylation sites is 1. The summed E-state index contributed by atoms with van der Waals surface area (Å²) >= 11 is 0. The predicted octanol–water partition coefficient (Wildman–Crippen LogP) is 2.40. The lowest BCUT2D eigenvalue weighted by Crippen LogP contribution is -2.47. The van der Waals surface area contributed by atoms with E-state index in [9.17, 15) is 9.59 Å². The van der Waals surface area contributed by atoms with Crippen molar-refractivity contribution in [2.75, 3.05) is 4.90 Å². The molecule has 0 spiro atoms. The Balaban J connectivity index is 1.93. The molecule has 0 saturated heterocycles. The second kappa shape index (κ2) is 5.77. The number of rotatable bonds is 2. The zero-order valence-electron chi connectivity index (χ0n) is 12.0. The molecule has 0 aliphatic carbocycles. The second-order valence-corrected chi connectivity index (χ2v) is 4.85. The number of carbonyl (C=O) groups is 2. The lowest BCUT2D eigenvalue weighted by atomic mass is 10.1. The molecule has 0 N–H and O–H groups in total. The molecule has 3 amide bonds. The standard InChI is InChI=1S/C16H14N4O2/c1-12(21)20-15-7-3-2-6-14(15)11-19(16(20)22)18-10-13-5-4-8-17-9-13/h2-10H,11H2,1H3/b18-10+. The van der Waals surface area contributed by atoms with Crippen LogP contribution in [0.2, 0.25) is 0 Å². The lowest BCUT2D eigenvalue weighted by Gasteiger charge is -2.32. The van der Waals surface area contributed by atoms with Gasteiger partial charge in [0, 0.05) is 24.9 Å². The van der Waals surface area contributed by atoms with Crippen LogP contribution in [0.1, 0.15) is 18.1 Å². The fourth-order valence-corrected chi connectivity index (χ4v) is 2.29. The largest absolute Gasteiger partial charge is 0.352 e. The molecule has 0 bridgehead atoms. The number of hydrazone groups is 1. The summed E-state index contributed by atoms with van der Waals surface area (Å²) in [5.74, 6) is -0.335. The van der Waals surface area contributed by atoms with Gasteiger partial charge in [0.15, 0.2) is 0 Å². The highest BCUT2D eigenvalue weighted by Gasteiger charge is 2.32. The normalized spacial score (nSPS) is 14.3. The lowest BCUT2D eigenvalue weighted by molar-refractivity contribution is -0.116. The molecule has 0 unspecified atom stereocenters. The molecule has 1 aliphatic heterocycles. The van der Waals surface area contributed by atoms with Crippen LogP contribution in [0.4, 0.5) is 10.5 Å². The number of aromatic nitrogens is 1. The minimum atomic E-state index is -0.452. The second-order valence-electron chi connectivity index (χ2n) is 4.85. The Bertz CT molecular complexity index is 743. The SMILES string of the molecule is CC(=O)N1C(=O)N(/N=C/c2cccnc2)Cc2ccccc21. The molecular weight excluding hydrogens is 280 g/mol. The topological polar surface area (TPSA) is 65.9 Å². The van der Waals surface area contributed by atoms with E-state index in [1.807, 2.05) is 18.2 Å². The third-order valence-electron chi connectivity index (χ3n) is 3.31. The predicted molar refractivity (Wildman–Crippen MR) is 82.4 cm³/mol. The number of pyridine rings is 1. The number of nitrogens with zero attached hydrogens (tertiary/aromatic N) is 4. The number of fused-ring (bicyclic) bond motifs is 1. The summed E-state index contributed by atoms with van der Waals surface area (Å²) in [4.78, 5) is 29.4. The number of anilines is 1. The molecule has 110 valence electrons. The van der Waals surface area contributed by atoms with Crippen LogP contribution in [0.25, 0.3) is 0 Å². The molecule has 0 fully saturated rings. The Morgan fingerprint density at radius 1 is 1.27 bits per heavy atom. The molecule has 1 aromatic heterocycles. The first-order valence-corrected chi connectivity index (χ1v) is 6.81. The Morgan fingerprint density at radius 3 is 2.82 bits per heavy atom. The van der Waals surface area contributed by atoms with E-state index in [-0.39, 0.29) is 5.91 Å². The van der Waals surface area contributed by atoms with Crippen molar-refractivity contribution in [2.24, 2.45) is 5.10 Å². The van der Waals surface area contributed by atoms with E-state index in [1.54, 1.807) is 36.8 Å². The van der Waals surface area contributed by atoms with Gasteiger partial charge >= 0.3 is 6.03 Å². The summed E-state index contributed by atoms with van der Waals surface area (Å²) in [7, 11) is 0. The number of hydrogen-bond donors (Lipinski definition) is 0. The Hall–Kier alpha value is -3.02. The van der Waals surface area contributed by atoms with Crippen LogP contribution in [0.15, 0.2) is 53.9 Å². The summed E-state index contributed by atoms with van der Waals surface area (Å²) in [6.45, 7) is 1.69. The van der Waals surface area contributed by atoms with Crippen LogP contribution < -0.4 is 4.90 Å². The monoisotopic (exact) mass is 294 g/mol. The molecule has 6 nitrogen and oxygen atoms in total. The smallest absolute Gasteiger partial charge is 0.274 e. The molecule has 1 aromatic carbocycles. The highest BCUT2D eigenvalue weighted by atomic mass is 16.2. The van der Waals surface area contributed by atoms with Gasteiger partial charge in [0.2, 0.25) is 5.91 Å². The summed E-state index contributed by atoms with van der Waals surface area (Å²) < 4.78 is 0. The molecular formula is C16H14N4O2. The molecule has 22 heavy (non-hydrogen) atoms. The van der Waals surface area contributed by atoms with E-state index in [0.29, 0.717) is 12.2 Å². The molecule has 0 radical (unpaired) electrons. The fourth-order valence-electron chi connectivity index (χ4n) is 2.29. The fraction of sp³-hybridized carbons (Fsp3) is 0.125. The third-order valence-corrected chi connectivity index (χ3v) is 3.31. The van der Waals surface area contributed by atoms with Crippen LogP contribution >= 0.6 is 0 Å². The number of imide groups is 1. The van der Waals surface area contributed by atoms with Crippen molar-refractivity contribution in [2.45, 2.75) is 13.5 Å². The van der Waals surface area contributed by atoms with Gasteiger partial charge in [-0.25, -0.2) is 14.7 Å². The van der Waals surface area contributed by atoms with Crippen molar-refractivity contribution in [1.82, 2.24) is 9.99 Å². The van der Waals surface area contributed by atoms with Crippen molar-refractivity contribution < 1.29 is 9.59 Å². The summed E-state index contributed by atoms with van der Waals surface area (Å²) in [6, 6.07) is 10.5. The van der Waals surface area contributed by atoms with Gasteiger partial charge in [0.25, 0.3) is 0 Å². The van der Waals surface area contributed by atoms with Crippen molar-refractivity contribution in [3.63, 3.8) is 0 Å². The van der Waals surface area contributed by atoms with Crippen molar-refractivity contribution >= 4 is 23.8 Å². The molecule has 0 atom stereocenters. The van der Waals surface area contributed by atoms with E-state index in [0.717, 1.165) is 16.0 Å². The molecule has 0 saturated carbocycles. The van der Waals surface area contributed by atoms with Crippen molar-refractivity contribution in [1.29, 1.82) is 0 Å². The van der Waals surface area contributed by atoms with E-state index in [1.165, 1.54) is 11.9 Å². The number of benzene rings is 1. The molecule has 3 rings (SSSR count). The van der Waals surface area contributed by atoms with Gasteiger partial charge in [-0.15, -0.1) is 0 Å². The first-order valence-electron chi connectivity index (χ1n) is 6.81. The Kier molecular flexibility index (Phi) is 3.65. The average molecular weight is 294 g/mol. The summed E-state index contributed by atoms with van der Waals surface area (Å²) in [6.07, 6.45) is 4.86. The van der Waals surface area contributed by atoms with Crippen LogP contribution in [-0.2, 0) is 11.3 Å². The van der Waals surface area contributed by atoms with Gasteiger partial charge in [-0.1, -0.05) is 24.3 Å². The number of hydrogen-bond acceptors (Lipinski definition) is 4. The maximum Gasteiger partial charge on any atom is 0.352 e. The number of urea groups is 1. The van der Waals surface area contributed by atoms with Gasteiger partial charge in [-0.05, 0) is 17.7 Å². The van der Waals surface area contributed by atoms with E-state index in [4.69, 9.17) is 0 Å². The van der Waals surface area contributed by atoms with Crippen molar-refractivity contribution in [3.8, 4) is 0 Å². The minimum Gasteiger partial charge on any atom is -0.274 e. The highest BCUT2D eigenvalue weighted by molar-refractivity contribution is 6.14. The molecule has 2 heterocycles. The van der Waals surface area contributed by atoms with Crippen LogP contribution in [0.5, 0.6) is 0 Å². The van der Waals surface area contributed by atoms with Gasteiger partial charge in [-0.2, -0.15) is 5.10 Å². The summed E-state index contributed by atoms with van der Waals surface area (Å²) in [5, 5.41) is 5.47. The number of amides is 3. The Morgan fingerprint density at radius 2 is 2.09 bits per heavy atom. The minimum absolute atomic E-state index is 0.329. The van der Waals surface area contributed by atoms with Gasteiger partial charge < -0.3 is 0 Å². The first-order chi connectivity index (χ1) is 10.7. The first kappa shape index (κ1) is 13.9. The van der Waals surface area contributed by atoms with Crippen molar-refractivity contribution in [3.05, 3.63) is 59.9 Å². The third kappa shape index (κ3) is 2.58. The quantitative estimate of drug-likeness (QED) is 0.799. The zero-order chi connectivity index (χ0) is 15.5. The van der Waals surface area contributed by atoms with Gasteiger partial charge in [0.1, 0.15) is 0 Å². The summed E-state index contributed by atoms with van der Waals surface area (Å²) in [5.41, 5.74) is 2.27. The van der Waals surface area contributed by atoms with E-state index < -0.39 is 6.03 Å². The molecule has 1 aliphatic rings. The molecule has 2 aromatic rings.